The molecular weight excluding hydrogens is 558 g/mol. The van der Waals surface area contributed by atoms with Crippen LogP contribution in [0.15, 0.2) is 18.5 Å². The molecule has 0 saturated carbocycles. The van der Waals surface area contributed by atoms with Gasteiger partial charge in [-0.25, -0.2) is 9.50 Å². The summed E-state index contributed by atoms with van der Waals surface area (Å²) in [5, 5.41) is 25.3. The van der Waals surface area contributed by atoms with E-state index in [4.69, 9.17) is 26.7 Å². The molecule has 8 N–H and O–H groups in total. The predicted molar refractivity (Wildman–Crippen MR) is 126 cm³/mol. The quantitative estimate of drug-likeness (QED) is 0.168. The van der Waals surface area contributed by atoms with Crippen LogP contribution in [0.3, 0.4) is 0 Å². The number of anilines is 1. The van der Waals surface area contributed by atoms with Crippen LogP contribution in [0, 0.1) is 12.3 Å². The first kappa shape index (κ1) is 27.3. The average molecular weight is 578 g/mol. The number of fused-ring (bicyclic) bond motifs is 1. The largest absolute Gasteiger partial charge is 0.388 e. The van der Waals surface area contributed by atoms with Crippen molar-refractivity contribution in [1.29, 1.82) is 0 Å². The highest BCUT2D eigenvalue weighted by atomic mass is 32.8. The number of ether oxygens (including phenoxy) is 1. The zero-order valence-electron chi connectivity index (χ0n) is 16.3. The van der Waals surface area contributed by atoms with Crippen LogP contribution < -0.4 is 5.73 Å². The molecule has 0 radical (unpaired) electrons. The fraction of sp³-hybridized carbons (Fsp3) is 0.385. The number of nitrogen functional groups attached to an aromatic ring is 1. The summed E-state index contributed by atoms with van der Waals surface area (Å²) in [4.78, 5) is 41.5. The fourth-order valence-electron chi connectivity index (χ4n) is 3.26. The Hall–Kier alpha value is -0.320. The van der Waals surface area contributed by atoms with Crippen molar-refractivity contribution in [3.8, 4) is 12.3 Å². The summed E-state index contributed by atoms with van der Waals surface area (Å²) < 4.78 is 42.5. The Morgan fingerprint density at radius 3 is 2.45 bits per heavy atom. The molecule has 1 saturated heterocycles. The van der Waals surface area contributed by atoms with E-state index in [0.29, 0.717) is 5.52 Å². The van der Waals surface area contributed by atoms with Gasteiger partial charge in [0.05, 0.1) is 27.7 Å². The third-order valence-corrected chi connectivity index (χ3v) is 30.9. The van der Waals surface area contributed by atoms with Crippen molar-refractivity contribution in [2.75, 3.05) is 11.9 Å². The van der Waals surface area contributed by atoms with Crippen LogP contribution in [-0.2, 0) is 24.0 Å². The highest BCUT2D eigenvalue weighted by Crippen LogP contribution is 2.96. The molecule has 9 atom stereocenters. The van der Waals surface area contributed by atoms with Crippen molar-refractivity contribution < 1.29 is 48.2 Å². The van der Waals surface area contributed by atoms with E-state index in [-0.39, 0.29) is 17.7 Å². The molecule has 33 heavy (non-hydrogen) atoms. The molecule has 1 aliphatic rings. The lowest BCUT2D eigenvalue weighted by molar-refractivity contribution is -0.0431. The zero-order valence-corrected chi connectivity index (χ0v) is 22.0. The van der Waals surface area contributed by atoms with Crippen molar-refractivity contribution in [2.24, 2.45) is 0 Å². The number of nitrogens with two attached hydrogens (primary N) is 1. The van der Waals surface area contributed by atoms with E-state index in [1.165, 1.54) is 16.6 Å². The summed E-state index contributed by atoms with van der Waals surface area (Å²) in [6.45, 7) is -8.87. The van der Waals surface area contributed by atoms with Gasteiger partial charge in [0.1, 0.15) is 24.1 Å². The maximum atomic E-state index is 12.5. The molecule has 3 rings (SSSR count). The maximum Gasteiger partial charge on any atom is 0.351 e. The number of aliphatic hydroxyl groups excluding tert-OH is 2. The molecule has 5 unspecified atom stereocenters. The van der Waals surface area contributed by atoms with Crippen LogP contribution in [0.2, 0.25) is 0 Å². The Morgan fingerprint density at radius 2 is 1.85 bits per heavy atom. The maximum absolute atomic E-state index is 12.5. The van der Waals surface area contributed by atoms with Crippen LogP contribution in [0.5, 0.6) is 0 Å². The molecule has 0 aromatic carbocycles. The highest BCUT2D eigenvalue weighted by Gasteiger charge is 2.56. The van der Waals surface area contributed by atoms with Gasteiger partial charge in [-0.1, -0.05) is 5.92 Å². The summed E-state index contributed by atoms with van der Waals surface area (Å²) in [6.07, 6.45) is 2.01. The minimum atomic E-state index is -4.85. The van der Waals surface area contributed by atoms with E-state index in [1.807, 2.05) is 0 Å². The smallest absolute Gasteiger partial charge is 0.351 e. The van der Waals surface area contributed by atoms with Gasteiger partial charge in [0.15, 0.2) is 11.4 Å². The molecule has 2 aromatic heterocycles. The van der Waals surface area contributed by atoms with Gasteiger partial charge >= 0.3 is 7.28 Å². The van der Waals surface area contributed by atoms with Crippen LogP contribution in [0.1, 0.15) is 5.69 Å². The third-order valence-electron chi connectivity index (χ3n) is 4.58. The Bertz CT molecular complexity index is 1240. The molecule has 1 fully saturated rings. The molecule has 0 aliphatic carbocycles. The lowest BCUT2D eigenvalue weighted by atomic mass is 9.92. The van der Waals surface area contributed by atoms with Crippen molar-refractivity contribution in [3.05, 3.63) is 24.2 Å². The van der Waals surface area contributed by atoms with E-state index in [9.17, 15) is 33.7 Å². The van der Waals surface area contributed by atoms with Gasteiger partial charge in [0, 0.05) is 6.16 Å². The number of nitrogens with zero attached hydrogens (tertiary/aromatic N) is 3. The lowest BCUT2D eigenvalue weighted by Crippen LogP contribution is -2.40. The van der Waals surface area contributed by atoms with E-state index in [2.05, 4.69) is 16.0 Å². The molecule has 20 heteroatoms. The summed E-state index contributed by atoms with van der Waals surface area (Å²) in [5.41, 5.74) is 4.43. The first-order valence-electron chi connectivity index (χ1n) is 8.76. The first-order chi connectivity index (χ1) is 15.1. The zero-order chi connectivity index (χ0) is 24.8. The molecule has 0 amide bonds. The van der Waals surface area contributed by atoms with Crippen LogP contribution in [0.25, 0.3) is 5.52 Å². The minimum absolute atomic E-state index is 0.126. The number of rotatable bonds is 8. The Kier molecular flexibility index (Phi) is 7.95. The number of hydrogen-bond donors (Lipinski definition) is 7. The monoisotopic (exact) mass is 578 g/mol. The topological polar surface area (TPSA) is 238 Å². The number of aromatic nitrogens is 3. The minimum Gasteiger partial charge on any atom is -0.388 e. The summed E-state index contributed by atoms with van der Waals surface area (Å²) in [6, 6.07) is 3.01. The lowest BCUT2D eigenvalue weighted by Gasteiger charge is -2.26. The van der Waals surface area contributed by atoms with Crippen LogP contribution in [0.4, 0.5) is 5.82 Å². The van der Waals surface area contributed by atoms with Crippen LogP contribution in [-0.4, -0.2) is 68.9 Å². The normalized spacial score (nSPS) is 30.5. The third kappa shape index (κ3) is 5.92. The van der Waals surface area contributed by atoms with Crippen molar-refractivity contribution in [3.63, 3.8) is 0 Å². The molecule has 14 nitrogen and oxygen atoms in total. The highest BCUT2D eigenvalue weighted by molar-refractivity contribution is 8.84. The molecule has 1 aliphatic heterocycles. The average Bonchev–Trinajstić information content (AvgIpc) is 3.20. The number of terminal acetylenes is 1. The van der Waals surface area contributed by atoms with Gasteiger partial charge in [0.25, 0.3) is 6.75 Å². The second kappa shape index (κ2) is 9.62. The standard InChI is InChI=1S/C13H20N4O10P6/c1-2-13(9-4-3-7-12(14)15-6-16-17(7)9)11(19)10(18)8(27-13)5-28-32(23,24)30-33(25,26)29-31(20,21)22/h1,3-4,6,8,10-11,18-19,28-30H,5H2,(H,23,24)(H,25,26)(H2,14,15,16)(H2,20,21,22)/t8-,10-,11-,13+/m1/s1. The SMILES string of the molecule is C#C[C@@]1(c2ccc3c(N)ncnn23)O[C@H](CPP(=O)(O)PP(=O)(O)PP(=O)(O)O)[C@@H](O)[C@H]1O. The Morgan fingerprint density at radius 1 is 1.18 bits per heavy atom. The van der Waals surface area contributed by atoms with Gasteiger partial charge in [-0.05, 0) is 20.4 Å². The van der Waals surface area contributed by atoms with Gasteiger partial charge in [0.2, 0.25) is 6.75 Å². The van der Waals surface area contributed by atoms with Crippen molar-refractivity contribution >= 4 is 56.3 Å². The molecule has 3 heterocycles. The van der Waals surface area contributed by atoms with E-state index in [1.54, 1.807) is 0 Å². The fourth-order valence-corrected chi connectivity index (χ4v) is 37.3. The van der Waals surface area contributed by atoms with Crippen molar-refractivity contribution in [1.82, 2.24) is 14.6 Å². The first-order valence-corrected chi connectivity index (χ1v) is 21.1. The molecule has 0 bridgehead atoms. The molecule has 2 aromatic rings. The van der Waals surface area contributed by atoms with Gasteiger partial charge in [-0.2, -0.15) is 5.10 Å². The predicted octanol–water partition coefficient (Wildman–Crippen LogP) is 0.590. The Balaban J connectivity index is 1.80. The number of hydrogen-bond acceptors (Lipinski definition) is 9. The van der Waals surface area contributed by atoms with Crippen LogP contribution >= 0.6 is 45.0 Å². The summed E-state index contributed by atoms with van der Waals surface area (Å²) in [5.74, 6) is 2.44. The summed E-state index contributed by atoms with van der Waals surface area (Å²) >= 11 is 0. The van der Waals surface area contributed by atoms with Gasteiger partial charge < -0.3 is 40.3 Å². The number of aliphatic hydroxyl groups is 2. The molecule has 0 spiro atoms. The molecule has 182 valence electrons. The molecular formula is C13H20N4O10P6. The van der Waals surface area contributed by atoms with E-state index in [0.717, 1.165) is 6.33 Å². The van der Waals surface area contributed by atoms with E-state index >= 15 is 0 Å². The van der Waals surface area contributed by atoms with Crippen molar-refractivity contribution in [2.45, 2.75) is 23.9 Å². The van der Waals surface area contributed by atoms with Gasteiger partial charge in [-0.15, -0.1) is 6.42 Å². The summed E-state index contributed by atoms with van der Waals surface area (Å²) in [7, 11) is -8.98. The Labute approximate surface area is 191 Å². The van der Waals surface area contributed by atoms with Gasteiger partial charge in [-0.3, -0.25) is 13.7 Å². The second-order valence-electron chi connectivity index (χ2n) is 6.89. The van der Waals surface area contributed by atoms with E-state index < -0.39 is 68.9 Å². The second-order valence-corrected chi connectivity index (χ2v) is 28.9.